The summed E-state index contributed by atoms with van der Waals surface area (Å²) in [5.74, 6) is 2.95. The van der Waals surface area contributed by atoms with E-state index in [4.69, 9.17) is 15.2 Å². The van der Waals surface area contributed by atoms with Crippen molar-refractivity contribution in [3.05, 3.63) is 23.8 Å². The average Bonchev–Trinajstić information content (AvgIpc) is 2.36. The topological polar surface area (TPSA) is 44.5 Å². The van der Waals surface area contributed by atoms with Gasteiger partial charge in [0.15, 0.2) is 0 Å². The molecule has 2 unspecified atom stereocenters. The predicted molar refractivity (Wildman–Crippen MR) is 77.6 cm³/mol. The quantitative estimate of drug-likeness (QED) is 0.910. The Morgan fingerprint density at radius 3 is 2.26 bits per heavy atom. The number of ether oxygens (including phenoxy) is 2. The molecule has 0 radical (unpaired) electrons. The maximum absolute atomic E-state index is 6.71. The third kappa shape index (κ3) is 2.86. The van der Waals surface area contributed by atoms with Gasteiger partial charge in [-0.1, -0.05) is 13.8 Å². The summed E-state index contributed by atoms with van der Waals surface area (Å²) < 4.78 is 10.8. The summed E-state index contributed by atoms with van der Waals surface area (Å²) in [6, 6.07) is 5.95. The zero-order chi connectivity index (χ0) is 14.0. The highest BCUT2D eigenvalue weighted by Gasteiger charge is 2.37. The molecule has 3 heteroatoms. The normalized spacial score (nSPS) is 31.0. The molecule has 106 valence electrons. The van der Waals surface area contributed by atoms with Crippen LogP contribution in [0.15, 0.2) is 18.2 Å². The summed E-state index contributed by atoms with van der Waals surface area (Å²) in [5.41, 5.74) is 7.53. The van der Waals surface area contributed by atoms with Crippen molar-refractivity contribution < 1.29 is 9.47 Å². The maximum atomic E-state index is 6.71. The van der Waals surface area contributed by atoms with Crippen LogP contribution in [0.2, 0.25) is 0 Å². The Bertz CT molecular complexity index is 434. The van der Waals surface area contributed by atoms with Gasteiger partial charge in [-0.2, -0.15) is 0 Å². The molecular formula is C16H25NO2. The van der Waals surface area contributed by atoms with Crippen molar-refractivity contribution in [3.8, 4) is 11.5 Å². The van der Waals surface area contributed by atoms with Crippen molar-refractivity contribution in [2.24, 2.45) is 17.6 Å². The molecule has 3 nitrogen and oxygen atoms in total. The number of benzene rings is 1. The fraction of sp³-hybridized carbons (Fsp3) is 0.625. The third-order valence-corrected chi connectivity index (χ3v) is 4.18. The van der Waals surface area contributed by atoms with Gasteiger partial charge in [-0.25, -0.2) is 0 Å². The molecule has 1 aliphatic rings. The standard InChI is InChI=1S/C16H25NO2/c1-11-7-12(2)10-16(17,9-11)14-6-5-13(18-3)8-15(14)19-4/h5-6,8,11-12H,7,9-10,17H2,1-4H3. The van der Waals surface area contributed by atoms with E-state index in [0.29, 0.717) is 11.8 Å². The number of hydrogen-bond donors (Lipinski definition) is 1. The Balaban J connectivity index is 2.39. The van der Waals surface area contributed by atoms with Crippen LogP contribution in [0.25, 0.3) is 0 Å². The molecule has 0 saturated heterocycles. The third-order valence-electron chi connectivity index (χ3n) is 4.18. The molecule has 0 heterocycles. The van der Waals surface area contributed by atoms with Crippen molar-refractivity contribution in [2.75, 3.05) is 14.2 Å². The SMILES string of the molecule is COc1ccc(C2(N)CC(C)CC(C)C2)c(OC)c1. The van der Waals surface area contributed by atoms with E-state index in [1.807, 2.05) is 12.1 Å². The van der Waals surface area contributed by atoms with Crippen LogP contribution in [-0.2, 0) is 5.54 Å². The van der Waals surface area contributed by atoms with Crippen molar-refractivity contribution in [2.45, 2.75) is 38.6 Å². The van der Waals surface area contributed by atoms with Gasteiger partial charge in [-0.3, -0.25) is 0 Å². The van der Waals surface area contributed by atoms with E-state index >= 15 is 0 Å². The Morgan fingerprint density at radius 2 is 1.74 bits per heavy atom. The molecule has 0 aliphatic heterocycles. The number of rotatable bonds is 3. The first-order chi connectivity index (χ1) is 8.98. The lowest BCUT2D eigenvalue weighted by Crippen LogP contribution is -2.43. The molecule has 2 N–H and O–H groups in total. The number of hydrogen-bond acceptors (Lipinski definition) is 3. The van der Waals surface area contributed by atoms with Crippen LogP contribution in [0.1, 0.15) is 38.7 Å². The van der Waals surface area contributed by atoms with E-state index in [1.165, 1.54) is 6.42 Å². The summed E-state index contributed by atoms with van der Waals surface area (Å²) in [6.45, 7) is 4.57. The van der Waals surface area contributed by atoms with Crippen LogP contribution in [-0.4, -0.2) is 14.2 Å². The molecule has 1 aromatic rings. The van der Waals surface area contributed by atoms with Crippen molar-refractivity contribution in [1.29, 1.82) is 0 Å². The van der Waals surface area contributed by atoms with E-state index in [1.54, 1.807) is 14.2 Å². The smallest absolute Gasteiger partial charge is 0.127 e. The van der Waals surface area contributed by atoms with Crippen LogP contribution in [0.5, 0.6) is 11.5 Å². The minimum atomic E-state index is -0.283. The van der Waals surface area contributed by atoms with Gasteiger partial charge >= 0.3 is 0 Å². The van der Waals surface area contributed by atoms with Crippen molar-refractivity contribution in [1.82, 2.24) is 0 Å². The van der Waals surface area contributed by atoms with Gasteiger partial charge in [0.25, 0.3) is 0 Å². The summed E-state index contributed by atoms with van der Waals surface area (Å²) in [5, 5.41) is 0. The lowest BCUT2D eigenvalue weighted by molar-refractivity contribution is 0.179. The number of methoxy groups -OCH3 is 2. The Morgan fingerprint density at radius 1 is 1.11 bits per heavy atom. The molecule has 0 amide bonds. The molecule has 1 saturated carbocycles. The lowest BCUT2D eigenvalue weighted by atomic mass is 9.69. The second-order valence-electron chi connectivity index (χ2n) is 6.08. The zero-order valence-electron chi connectivity index (χ0n) is 12.4. The molecule has 1 fully saturated rings. The molecule has 1 aliphatic carbocycles. The Labute approximate surface area is 116 Å². The van der Waals surface area contributed by atoms with E-state index in [2.05, 4.69) is 19.9 Å². The lowest BCUT2D eigenvalue weighted by Gasteiger charge is -2.41. The summed E-state index contributed by atoms with van der Waals surface area (Å²) >= 11 is 0. The minimum absolute atomic E-state index is 0.283. The average molecular weight is 263 g/mol. The van der Waals surface area contributed by atoms with Gasteiger partial charge in [-0.15, -0.1) is 0 Å². The van der Waals surface area contributed by atoms with Crippen LogP contribution in [0.3, 0.4) is 0 Å². The first-order valence-corrected chi connectivity index (χ1v) is 7.00. The van der Waals surface area contributed by atoms with Crippen molar-refractivity contribution >= 4 is 0 Å². The van der Waals surface area contributed by atoms with Crippen LogP contribution < -0.4 is 15.2 Å². The molecule has 0 aromatic heterocycles. The molecule has 1 aromatic carbocycles. The highest BCUT2D eigenvalue weighted by molar-refractivity contribution is 5.45. The Hall–Kier alpha value is -1.22. The van der Waals surface area contributed by atoms with Gasteiger partial charge in [0.2, 0.25) is 0 Å². The molecule has 2 atom stereocenters. The Kier molecular flexibility index (Phi) is 4.04. The minimum Gasteiger partial charge on any atom is -0.497 e. The van der Waals surface area contributed by atoms with Crippen LogP contribution in [0.4, 0.5) is 0 Å². The summed E-state index contributed by atoms with van der Waals surface area (Å²) in [6.07, 6.45) is 3.29. The first-order valence-electron chi connectivity index (χ1n) is 7.00. The monoisotopic (exact) mass is 263 g/mol. The first kappa shape index (κ1) is 14.2. The fourth-order valence-corrected chi connectivity index (χ4v) is 3.61. The van der Waals surface area contributed by atoms with Crippen LogP contribution >= 0.6 is 0 Å². The van der Waals surface area contributed by atoms with Crippen molar-refractivity contribution in [3.63, 3.8) is 0 Å². The van der Waals surface area contributed by atoms with Gasteiger partial charge in [0.05, 0.1) is 14.2 Å². The molecule has 0 spiro atoms. The van der Waals surface area contributed by atoms with Gasteiger partial charge in [0, 0.05) is 17.2 Å². The fourth-order valence-electron chi connectivity index (χ4n) is 3.61. The van der Waals surface area contributed by atoms with Gasteiger partial charge in [-0.05, 0) is 43.2 Å². The second kappa shape index (κ2) is 5.41. The van der Waals surface area contributed by atoms with E-state index in [-0.39, 0.29) is 5.54 Å². The molecule has 0 bridgehead atoms. The van der Waals surface area contributed by atoms with Gasteiger partial charge < -0.3 is 15.2 Å². The highest BCUT2D eigenvalue weighted by atomic mass is 16.5. The molecule has 2 rings (SSSR count). The zero-order valence-corrected chi connectivity index (χ0v) is 12.4. The van der Waals surface area contributed by atoms with E-state index in [9.17, 15) is 0 Å². The molecule has 19 heavy (non-hydrogen) atoms. The maximum Gasteiger partial charge on any atom is 0.127 e. The molecular weight excluding hydrogens is 238 g/mol. The summed E-state index contributed by atoms with van der Waals surface area (Å²) in [7, 11) is 3.36. The van der Waals surface area contributed by atoms with E-state index in [0.717, 1.165) is 29.9 Å². The largest absolute Gasteiger partial charge is 0.497 e. The van der Waals surface area contributed by atoms with Gasteiger partial charge in [0.1, 0.15) is 11.5 Å². The highest BCUT2D eigenvalue weighted by Crippen LogP contribution is 2.44. The van der Waals surface area contributed by atoms with E-state index < -0.39 is 0 Å². The predicted octanol–water partition coefficient (Wildman–Crippen LogP) is 3.31. The number of nitrogens with two attached hydrogens (primary N) is 1. The summed E-state index contributed by atoms with van der Waals surface area (Å²) in [4.78, 5) is 0. The second-order valence-corrected chi connectivity index (χ2v) is 6.08. The van der Waals surface area contributed by atoms with Crippen LogP contribution in [0, 0.1) is 11.8 Å².